The molecule has 1 aromatic rings. The van der Waals surface area contributed by atoms with E-state index in [9.17, 15) is 9.90 Å². The molecule has 1 unspecified atom stereocenters. The molecule has 0 radical (unpaired) electrons. The molecule has 0 aromatic carbocycles. The first-order chi connectivity index (χ1) is 10.7. The van der Waals surface area contributed by atoms with Gasteiger partial charge in [0.15, 0.2) is 0 Å². The van der Waals surface area contributed by atoms with Gasteiger partial charge in [0.1, 0.15) is 17.6 Å². The number of pyridine rings is 1. The molecule has 6 nitrogen and oxygen atoms in total. The van der Waals surface area contributed by atoms with Crippen LogP contribution >= 0.6 is 0 Å². The van der Waals surface area contributed by atoms with E-state index >= 15 is 0 Å². The summed E-state index contributed by atoms with van der Waals surface area (Å²) in [6, 6.07) is 7.29. The van der Waals surface area contributed by atoms with Crippen LogP contribution in [0.5, 0.6) is 0 Å². The standard InChI is InChI=1S/C16H20N4O2/c17-9-13-2-1-3-15(18-13)19-6-7-20(11-14(21)10-19)16(22)8-12-4-5-12/h1-3,12,14,21H,4-8,10-11H2. The molecule has 0 spiro atoms. The molecule has 1 N–H and O–H groups in total. The largest absolute Gasteiger partial charge is 0.389 e. The lowest BCUT2D eigenvalue weighted by atomic mass is 10.2. The minimum absolute atomic E-state index is 0.141. The maximum atomic E-state index is 12.2. The van der Waals surface area contributed by atoms with Crippen molar-refractivity contribution in [1.82, 2.24) is 9.88 Å². The number of carbonyl (C=O) groups excluding carboxylic acids is 1. The number of rotatable bonds is 3. The van der Waals surface area contributed by atoms with Gasteiger partial charge in [-0.05, 0) is 30.9 Å². The van der Waals surface area contributed by atoms with Crippen LogP contribution in [0.15, 0.2) is 18.2 Å². The van der Waals surface area contributed by atoms with Crippen molar-refractivity contribution in [2.45, 2.75) is 25.4 Å². The van der Waals surface area contributed by atoms with Crippen LogP contribution in [0.1, 0.15) is 25.0 Å². The highest BCUT2D eigenvalue weighted by atomic mass is 16.3. The Balaban J connectivity index is 1.67. The maximum Gasteiger partial charge on any atom is 0.222 e. The molecule has 1 amide bonds. The van der Waals surface area contributed by atoms with E-state index in [1.807, 2.05) is 17.0 Å². The summed E-state index contributed by atoms with van der Waals surface area (Å²) in [4.78, 5) is 20.2. The first-order valence-electron chi connectivity index (χ1n) is 7.73. The highest BCUT2D eigenvalue weighted by molar-refractivity contribution is 5.77. The maximum absolute atomic E-state index is 12.2. The number of β-amino-alcohol motifs (C(OH)–C–C–N with tert-alkyl or cyclic N) is 1. The Bertz CT molecular complexity index is 594. The van der Waals surface area contributed by atoms with Crippen molar-refractivity contribution in [3.63, 3.8) is 0 Å². The quantitative estimate of drug-likeness (QED) is 0.891. The monoisotopic (exact) mass is 300 g/mol. The van der Waals surface area contributed by atoms with Crippen LogP contribution < -0.4 is 4.90 Å². The summed E-state index contributed by atoms with van der Waals surface area (Å²) in [5, 5.41) is 19.1. The van der Waals surface area contributed by atoms with Gasteiger partial charge in [-0.3, -0.25) is 4.79 Å². The normalized spacial score (nSPS) is 22.1. The van der Waals surface area contributed by atoms with Gasteiger partial charge < -0.3 is 14.9 Å². The zero-order valence-corrected chi connectivity index (χ0v) is 12.5. The Labute approximate surface area is 130 Å². The fourth-order valence-electron chi connectivity index (χ4n) is 2.78. The van der Waals surface area contributed by atoms with Crippen LogP contribution in [0.4, 0.5) is 5.82 Å². The van der Waals surface area contributed by atoms with E-state index < -0.39 is 6.10 Å². The lowest BCUT2D eigenvalue weighted by Gasteiger charge is -2.22. The summed E-state index contributed by atoms with van der Waals surface area (Å²) >= 11 is 0. The molecule has 116 valence electrons. The third-order valence-corrected chi connectivity index (χ3v) is 4.19. The molecule has 0 bridgehead atoms. The van der Waals surface area contributed by atoms with Gasteiger partial charge in [0.25, 0.3) is 0 Å². The van der Waals surface area contributed by atoms with E-state index in [-0.39, 0.29) is 5.91 Å². The van der Waals surface area contributed by atoms with Crippen LogP contribution in [0.3, 0.4) is 0 Å². The van der Waals surface area contributed by atoms with Gasteiger partial charge in [0.05, 0.1) is 6.10 Å². The second kappa shape index (κ2) is 6.32. The first kappa shape index (κ1) is 14.8. The van der Waals surface area contributed by atoms with E-state index in [0.29, 0.717) is 50.0 Å². The van der Waals surface area contributed by atoms with Crippen molar-refractivity contribution in [1.29, 1.82) is 5.26 Å². The van der Waals surface area contributed by atoms with Gasteiger partial charge >= 0.3 is 0 Å². The van der Waals surface area contributed by atoms with E-state index in [4.69, 9.17) is 5.26 Å². The summed E-state index contributed by atoms with van der Waals surface area (Å²) < 4.78 is 0. The lowest BCUT2D eigenvalue weighted by Crippen LogP contribution is -2.37. The highest BCUT2D eigenvalue weighted by Gasteiger charge is 2.30. The number of anilines is 1. The van der Waals surface area contributed by atoms with Gasteiger partial charge in [-0.2, -0.15) is 5.26 Å². The fourth-order valence-corrected chi connectivity index (χ4v) is 2.78. The number of hydrogen-bond acceptors (Lipinski definition) is 5. The molecule has 1 aliphatic heterocycles. The number of aromatic nitrogens is 1. The first-order valence-corrected chi connectivity index (χ1v) is 7.73. The molecular formula is C16H20N4O2. The van der Waals surface area contributed by atoms with E-state index in [1.165, 1.54) is 0 Å². The summed E-state index contributed by atoms with van der Waals surface area (Å²) in [6.45, 7) is 2.01. The van der Waals surface area contributed by atoms with Gasteiger partial charge in [-0.25, -0.2) is 4.98 Å². The number of nitrogens with zero attached hydrogens (tertiary/aromatic N) is 4. The summed E-state index contributed by atoms with van der Waals surface area (Å²) in [5.74, 6) is 1.37. The second-order valence-corrected chi connectivity index (χ2v) is 6.08. The predicted molar refractivity (Wildman–Crippen MR) is 81.1 cm³/mol. The molecule has 6 heteroatoms. The number of aliphatic hydroxyl groups is 1. The molecule has 3 rings (SSSR count). The van der Waals surface area contributed by atoms with Crippen LogP contribution in [0.25, 0.3) is 0 Å². The number of carbonyl (C=O) groups is 1. The fraction of sp³-hybridized carbons (Fsp3) is 0.562. The Morgan fingerprint density at radius 1 is 1.36 bits per heavy atom. The van der Waals surface area contributed by atoms with Crippen LogP contribution in [0.2, 0.25) is 0 Å². The van der Waals surface area contributed by atoms with Crippen molar-refractivity contribution in [3.8, 4) is 6.07 Å². The molecule has 2 heterocycles. The highest BCUT2D eigenvalue weighted by Crippen LogP contribution is 2.33. The van der Waals surface area contributed by atoms with E-state index in [1.54, 1.807) is 17.0 Å². The zero-order chi connectivity index (χ0) is 15.5. The van der Waals surface area contributed by atoms with Crippen molar-refractivity contribution in [2.24, 2.45) is 5.92 Å². The number of hydrogen-bond donors (Lipinski definition) is 1. The molecule has 1 aliphatic carbocycles. The lowest BCUT2D eigenvalue weighted by molar-refractivity contribution is -0.132. The van der Waals surface area contributed by atoms with Crippen molar-refractivity contribution >= 4 is 11.7 Å². The van der Waals surface area contributed by atoms with E-state index in [0.717, 1.165) is 12.8 Å². The Hall–Kier alpha value is -2.13. The summed E-state index contributed by atoms with van der Waals surface area (Å²) in [5.41, 5.74) is 0.359. The second-order valence-electron chi connectivity index (χ2n) is 6.08. The molecule has 1 saturated carbocycles. The topological polar surface area (TPSA) is 80.5 Å². The van der Waals surface area contributed by atoms with Gasteiger partial charge in [0, 0.05) is 32.6 Å². The van der Waals surface area contributed by atoms with Gasteiger partial charge in [-0.1, -0.05) is 6.07 Å². The molecule has 1 aromatic heterocycles. The van der Waals surface area contributed by atoms with Crippen LogP contribution in [-0.2, 0) is 4.79 Å². The zero-order valence-electron chi connectivity index (χ0n) is 12.5. The Kier molecular flexibility index (Phi) is 4.25. The van der Waals surface area contributed by atoms with Gasteiger partial charge in [0.2, 0.25) is 5.91 Å². The molecule has 1 saturated heterocycles. The van der Waals surface area contributed by atoms with Crippen LogP contribution in [-0.4, -0.2) is 53.2 Å². The SMILES string of the molecule is N#Cc1cccc(N2CCN(C(=O)CC3CC3)CC(O)C2)n1. The third kappa shape index (κ3) is 3.55. The van der Waals surface area contributed by atoms with Crippen molar-refractivity contribution < 1.29 is 9.90 Å². The minimum atomic E-state index is -0.599. The van der Waals surface area contributed by atoms with E-state index in [2.05, 4.69) is 4.98 Å². The average Bonchev–Trinajstić information content (AvgIpc) is 3.34. The predicted octanol–water partition coefficient (Wildman–Crippen LogP) is 0.763. The molecule has 2 fully saturated rings. The molecule has 2 aliphatic rings. The summed E-state index contributed by atoms with van der Waals surface area (Å²) in [7, 11) is 0. The smallest absolute Gasteiger partial charge is 0.222 e. The third-order valence-electron chi connectivity index (χ3n) is 4.19. The number of aliphatic hydroxyl groups excluding tert-OH is 1. The van der Waals surface area contributed by atoms with Gasteiger partial charge in [-0.15, -0.1) is 0 Å². The van der Waals surface area contributed by atoms with Crippen molar-refractivity contribution in [3.05, 3.63) is 23.9 Å². The minimum Gasteiger partial charge on any atom is -0.389 e. The summed E-state index contributed by atoms with van der Waals surface area (Å²) in [6.07, 6.45) is 2.31. The molecular weight excluding hydrogens is 280 g/mol. The Morgan fingerprint density at radius 3 is 2.91 bits per heavy atom. The molecule has 22 heavy (non-hydrogen) atoms. The van der Waals surface area contributed by atoms with Crippen LogP contribution in [0, 0.1) is 17.2 Å². The molecule has 1 atom stereocenters. The average molecular weight is 300 g/mol. The number of amides is 1. The van der Waals surface area contributed by atoms with Crippen molar-refractivity contribution in [2.75, 3.05) is 31.1 Å². The number of nitriles is 1. The Morgan fingerprint density at radius 2 is 2.18 bits per heavy atom.